The van der Waals surface area contributed by atoms with Crippen molar-refractivity contribution in [2.75, 3.05) is 19.8 Å². The second-order valence-electron chi connectivity index (χ2n) is 8.09. The highest BCUT2D eigenvalue weighted by atomic mass is 31.2. The molecule has 1 rings (SSSR count). The predicted octanol–water partition coefficient (Wildman–Crippen LogP) is 3.98. The summed E-state index contributed by atoms with van der Waals surface area (Å²) in [5.74, 6) is -1.46. The molecule has 1 aromatic carbocycles. The Bertz CT molecular complexity index is 723. The number of ether oxygens (including phenoxy) is 1. The van der Waals surface area contributed by atoms with Gasteiger partial charge in [0.2, 0.25) is 0 Å². The van der Waals surface area contributed by atoms with Gasteiger partial charge in [-0.15, -0.1) is 0 Å². The molecule has 0 saturated heterocycles. The Morgan fingerprint density at radius 1 is 1.06 bits per heavy atom. The molecule has 1 amide bonds. The summed E-state index contributed by atoms with van der Waals surface area (Å²) >= 11 is 0. The second-order valence-corrected chi connectivity index (χ2v) is 10.3. The number of unbranched alkanes of at least 4 members (excludes halogenated alkanes) is 1. The van der Waals surface area contributed by atoms with Crippen LogP contribution in [0.1, 0.15) is 59.4 Å². The molecular weight excluding hydrogens is 421 g/mol. The molecule has 0 aliphatic heterocycles. The zero-order valence-electron chi connectivity index (χ0n) is 19.2. The van der Waals surface area contributed by atoms with Crippen molar-refractivity contribution in [2.24, 2.45) is 0 Å². The predicted molar refractivity (Wildman–Crippen MR) is 117 cm³/mol. The zero-order chi connectivity index (χ0) is 23.5. The van der Waals surface area contributed by atoms with Gasteiger partial charge >= 0.3 is 13.7 Å². The van der Waals surface area contributed by atoms with Gasteiger partial charge in [0, 0.05) is 13.1 Å². The van der Waals surface area contributed by atoms with Crippen LogP contribution in [0.25, 0.3) is 0 Å². The third-order valence-electron chi connectivity index (χ3n) is 4.30. The fraction of sp³-hybridized carbons (Fsp3) is 0.636. The van der Waals surface area contributed by atoms with Crippen LogP contribution in [0, 0.1) is 0 Å². The lowest BCUT2D eigenvalue weighted by Crippen LogP contribution is -2.38. The third kappa shape index (κ3) is 9.85. The number of aliphatic carboxylic acids is 1. The van der Waals surface area contributed by atoms with Crippen molar-refractivity contribution < 1.29 is 33.0 Å². The maximum Gasteiger partial charge on any atom is 0.410 e. The van der Waals surface area contributed by atoms with E-state index >= 15 is 0 Å². The molecule has 9 heteroatoms. The van der Waals surface area contributed by atoms with Gasteiger partial charge in [-0.2, -0.15) is 0 Å². The van der Waals surface area contributed by atoms with Gasteiger partial charge in [-0.1, -0.05) is 36.8 Å². The summed E-state index contributed by atoms with van der Waals surface area (Å²) in [6.07, 6.45) is 0.514. The Morgan fingerprint density at radius 2 is 1.65 bits per heavy atom. The Balaban J connectivity index is 2.79. The first-order valence-electron chi connectivity index (χ1n) is 10.6. The molecule has 0 heterocycles. The van der Waals surface area contributed by atoms with Crippen molar-refractivity contribution in [2.45, 2.75) is 71.7 Å². The molecule has 0 radical (unpaired) electrons. The molecule has 0 spiro atoms. The summed E-state index contributed by atoms with van der Waals surface area (Å²) in [5.41, 5.74) is -1.03. The highest BCUT2D eigenvalue weighted by molar-refractivity contribution is 7.55. The molecule has 0 aliphatic rings. The summed E-state index contributed by atoms with van der Waals surface area (Å²) in [6, 6.07) is 9.53. The zero-order valence-corrected chi connectivity index (χ0v) is 20.1. The van der Waals surface area contributed by atoms with Crippen molar-refractivity contribution in [1.82, 2.24) is 4.90 Å². The molecule has 0 aromatic heterocycles. The van der Waals surface area contributed by atoms with Gasteiger partial charge in [-0.05, 0) is 53.0 Å². The lowest BCUT2D eigenvalue weighted by molar-refractivity contribution is -0.305. The fourth-order valence-corrected chi connectivity index (χ4v) is 4.90. The number of hydrogen-bond acceptors (Lipinski definition) is 7. The number of rotatable bonds is 13. The van der Waals surface area contributed by atoms with E-state index in [1.165, 1.54) is 0 Å². The van der Waals surface area contributed by atoms with Crippen molar-refractivity contribution in [3.8, 4) is 0 Å². The highest BCUT2D eigenvalue weighted by Gasteiger charge is 2.36. The Kier molecular flexibility index (Phi) is 11.2. The van der Waals surface area contributed by atoms with Crippen LogP contribution in [-0.2, 0) is 29.7 Å². The number of hydrogen-bond donors (Lipinski definition) is 0. The number of carboxylic acid groups (broad SMARTS) is 1. The summed E-state index contributed by atoms with van der Waals surface area (Å²) < 4.78 is 28.7. The third-order valence-corrected chi connectivity index (χ3v) is 6.76. The monoisotopic (exact) mass is 456 g/mol. The molecule has 0 fully saturated rings. The Hall–Kier alpha value is -1.89. The molecule has 176 valence electrons. The van der Waals surface area contributed by atoms with E-state index < -0.39 is 30.9 Å². The lowest BCUT2D eigenvalue weighted by Gasteiger charge is -2.29. The van der Waals surface area contributed by atoms with Gasteiger partial charge in [0.05, 0.1) is 19.2 Å². The average Bonchev–Trinajstić information content (AvgIpc) is 2.66. The maximum atomic E-state index is 12.8. The quantitative estimate of drug-likeness (QED) is 0.327. The maximum absolute atomic E-state index is 12.8. The number of carbonyl (C=O) groups is 2. The molecule has 8 nitrogen and oxygen atoms in total. The molecule has 1 atom stereocenters. The fourth-order valence-electron chi connectivity index (χ4n) is 2.99. The van der Waals surface area contributed by atoms with E-state index in [0.717, 1.165) is 5.56 Å². The number of carbonyl (C=O) groups excluding carboxylic acids is 2. The van der Waals surface area contributed by atoms with E-state index in [2.05, 4.69) is 0 Å². The van der Waals surface area contributed by atoms with Crippen molar-refractivity contribution in [3.63, 3.8) is 0 Å². The first kappa shape index (κ1) is 27.1. The molecule has 1 unspecified atom stereocenters. The topological polar surface area (TPSA) is 105 Å². The van der Waals surface area contributed by atoms with Gasteiger partial charge in [0.15, 0.2) is 0 Å². The largest absolute Gasteiger partial charge is 0.549 e. The summed E-state index contributed by atoms with van der Waals surface area (Å²) in [4.78, 5) is 25.8. The molecule has 31 heavy (non-hydrogen) atoms. The molecule has 0 N–H and O–H groups in total. The standard InChI is InChI=1S/C22H36NO7P/c1-6-28-31(27,29-7-2)19(20(24)25)15-11-12-16-23(21(26)30-22(3,4)5)17-18-13-9-8-10-14-18/h8-10,13-14,19H,6-7,11-12,15-17H2,1-5H3,(H,24,25)/p-1. The van der Waals surface area contributed by atoms with Crippen LogP contribution >= 0.6 is 7.60 Å². The number of nitrogens with zero attached hydrogens (tertiary/aromatic N) is 1. The first-order valence-corrected chi connectivity index (χ1v) is 12.2. The van der Waals surface area contributed by atoms with Gasteiger partial charge in [0.1, 0.15) is 11.3 Å². The van der Waals surface area contributed by atoms with Crippen LogP contribution in [0.15, 0.2) is 30.3 Å². The van der Waals surface area contributed by atoms with Crippen molar-refractivity contribution >= 4 is 19.7 Å². The van der Waals surface area contributed by atoms with E-state index in [1.807, 2.05) is 30.3 Å². The molecule has 1 aromatic rings. The second kappa shape index (κ2) is 12.8. The van der Waals surface area contributed by atoms with Crippen LogP contribution in [0.4, 0.5) is 4.79 Å². The van der Waals surface area contributed by atoms with Gasteiger partial charge < -0.3 is 28.6 Å². The van der Waals surface area contributed by atoms with Crippen LogP contribution in [-0.4, -0.2) is 48.0 Å². The van der Waals surface area contributed by atoms with E-state index in [9.17, 15) is 19.3 Å². The van der Waals surface area contributed by atoms with Crippen LogP contribution in [0.3, 0.4) is 0 Å². The van der Waals surface area contributed by atoms with Crippen molar-refractivity contribution in [3.05, 3.63) is 35.9 Å². The van der Waals surface area contributed by atoms with Gasteiger partial charge in [0.25, 0.3) is 0 Å². The minimum atomic E-state index is -3.82. The highest BCUT2D eigenvalue weighted by Crippen LogP contribution is 2.54. The summed E-state index contributed by atoms with van der Waals surface area (Å²) in [7, 11) is -3.82. The average molecular weight is 456 g/mol. The Labute approximate surface area is 185 Å². The minimum Gasteiger partial charge on any atom is -0.549 e. The molecule has 0 bridgehead atoms. The number of amides is 1. The number of carboxylic acids is 1. The van der Waals surface area contributed by atoms with Gasteiger partial charge in [-0.25, -0.2) is 4.79 Å². The SMILES string of the molecule is CCOP(=O)(OCC)C(CCCCN(Cc1ccccc1)C(=O)OC(C)(C)C)C(=O)[O-]. The minimum absolute atomic E-state index is 0.0626. The van der Waals surface area contributed by atoms with Crippen LogP contribution < -0.4 is 5.11 Å². The van der Waals surface area contributed by atoms with E-state index in [0.29, 0.717) is 25.9 Å². The van der Waals surface area contributed by atoms with Crippen molar-refractivity contribution in [1.29, 1.82) is 0 Å². The molecule has 0 saturated carbocycles. The molecular formula is C22H35NO7P-. The Morgan fingerprint density at radius 3 is 2.13 bits per heavy atom. The molecule has 0 aliphatic carbocycles. The van der Waals surface area contributed by atoms with Gasteiger partial charge in [-0.3, -0.25) is 4.57 Å². The number of benzene rings is 1. The lowest BCUT2D eigenvalue weighted by atomic mass is 10.1. The first-order chi connectivity index (χ1) is 14.5. The smallest absolute Gasteiger partial charge is 0.410 e. The van der Waals surface area contributed by atoms with E-state index in [1.54, 1.807) is 39.5 Å². The van der Waals surface area contributed by atoms with E-state index in [4.69, 9.17) is 13.8 Å². The van der Waals surface area contributed by atoms with E-state index in [-0.39, 0.29) is 19.6 Å². The van der Waals surface area contributed by atoms with Crippen LogP contribution in [0.2, 0.25) is 0 Å². The van der Waals surface area contributed by atoms with Crippen LogP contribution in [0.5, 0.6) is 0 Å². The summed E-state index contributed by atoms with van der Waals surface area (Å²) in [6.45, 7) is 9.53. The normalized spacial score (nSPS) is 12.9. The summed E-state index contributed by atoms with van der Waals surface area (Å²) in [5, 5.41) is 11.6.